The average molecular weight is 271 g/mol. The predicted molar refractivity (Wildman–Crippen MR) is 59.5 cm³/mol. The van der Waals surface area contributed by atoms with Gasteiger partial charge in [-0.25, -0.2) is 0 Å². The van der Waals surface area contributed by atoms with Crippen molar-refractivity contribution in [1.29, 1.82) is 0 Å². The molecule has 7 heteroatoms. The standard InChI is InChI=1S/C11H20F3NO3/c1-7(11(12,13)14)18-9-6-8(15-2)10(9)17-5-4-16-3/h7-10,15H,4-6H2,1-3H3. The largest absolute Gasteiger partial charge is 0.414 e. The second-order valence-electron chi connectivity index (χ2n) is 4.32. The lowest BCUT2D eigenvalue weighted by Crippen LogP contribution is -2.60. The second-order valence-corrected chi connectivity index (χ2v) is 4.32. The Bertz CT molecular complexity index is 250. The van der Waals surface area contributed by atoms with Crippen molar-refractivity contribution in [2.45, 2.75) is 43.9 Å². The van der Waals surface area contributed by atoms with Crippen LogP contribution in [0.5, 0.6) is 0 Å². The molecular formula is C11H20F3NO3. The van der Waals surface area contributed by atoms with Gasteiger partial charge in [0, 0.05) is 13.2 Å². The van der Waals surface area contributed by atoms with Crippen LogP contribution in [0, 0.1) is 0 Å². The van der Waals surface area contributed by atoms with E-state index in [0.717, 1.165) is 6.92 Å². The number of alkyl halides is 3. The number of hydrogen-bond donors (Lipinski definition) is 1. The van der Waals surface area contributed by atoms with Gasteiger partial charge >= 0.3 is 6.18 Å². The van der Waals surface area contributed by atoms with E-state index in [4.69, 9.17) is 14.2 Å². The molecule has 0 aromatic heterocycles. The molecular weight excluding hydrogens is 251 g/mol. The fraction of sp³-hybridized carbons (Fsp3) is 1.00. The topological polar surface area (TPSA) is 39.7 Å². The van der Waals surface area contributed by atoms with Crippen molar-refractivity contribution in [2.24, 2.45) is 0 Å². The van der Waals surface area contributed by atoms with Crippen LogP contribution in [-0.4, -0.2) is 57.9 Å². The van der Waals surface area contributed by atoms with Gasteiger partial charge in [-0.3, -0.25) is 0 Å². The van der Waals surface area contributed by atoms with E-state index in [2.05, 4.69) is 5.32 Å². The number of halogens is 3. The van der Waals surface area contributed by atoms with Gasteiger partial charge in [0.2, 0.25) is 0 Å². The van der Waals surface area contributed by atoms with E-state index < -0.39 is 18.4 Å². The SMILES string of the molecule is CNC1CC(OC(C)C(F)(F)F)C1OCCOC. The summed E-state index contributed by atoms with van der Waals surface area (Å²) in [7, 11) is 3.29. The lowest BCUT2D eigenvalue weighted by atomic mass is 9.85. The number of methoxy groups -OCH3 is 1. The third-order valence-corrected chi connectivity index (χ3v) is 3.06. The normalized spacial score (nSPS) is 30.0. The van der Waals surface area contributed by atoms with E-state index in [1.54, 1.807) is 14.2 Å². The number of likely N-dealkylation sites (N-methyl/N-ethyl adjacent to an activating group) is 1. The maximum atomic E-state index is 12.4. The lowest BCUT2D eigenvalue weighted by molar-refractivity contribution is -0.257. The van der Waals surface area contributed by atoms with Crippen molar-refractivity contribution >= 4 is 0 Å². The monoisotopic (exact) mass is 271 g/mol. The predicted octanol–water partition coefficient (Wildman–Crippen LogP) is 1.35. The molecule has 4 unspecified atom stereocenters. The van der Waals surface area contributed by atoms with Gasteiger partial charge in [0.25, 0.3) is 0 Å². The number of rotatable bonds is 7. The molecule has 4 atom stereocenters. The van der Waals surface area contributed by atoms with E-state index in [9.17, 15) is 13.2 Å². The molecule has 108 valence electrons. The fourth-order valence-electron chi connectivity index (χ4n) is 1.83. The van der Waals surface area contributed by atoms with Crippen molar-refractivity contribution in [2.75, 3.05) is 27.4 Å². The molecule has 0 bridgehead atoms. The van der Waals surface area contributed by atoms with Gasteiger partial charge in [0.15, 0.2) is 6.10 Å². The molecule has 1 saturated carbocycles. The molecule has 0 spiro atoms. The number of ether oxygens (including phenoxy) is 3. The molecule has 1 aliphatic rings. The van der Waals surface area contributed by atoms with Gasteiger partial charge < -0.3 is 19.5 Å². The van der Waals surface area contributed by atoms with Crippen LogP contribution in [-0.2, 0) is 14.2 Å². The summed E-state index contributed by atoms with van der Waals surface area (Å²) < 4.78 is 52.4. The van der Waals surface area contributed by atoms with Crippen LogP contribution in [0.2, 0.25) is 0 Å². The lowest BCUT2D eigenvalue weighted by Gasteiger charge is -2.44. The molecule has 1 fully saturated rings. The van der Waals surface area contributed by atoms with Crippen molar-refractivity contribution in [3.63, 3.8) is 0 Å². The maximum absolute atomic E-state index is 12.4. The molecule has 0 aliphatic heterocycles. The van der Waals surface area contributed by atoms with Crippen LogP contribution >= 0.6 is 0 Å². The smallest absolute Gasteiger partial charge is 0.382 e. The first-order valence-electron chi connectivity index (χ1n) is 5.90. The maximum Gasteiger partial charge on any atom is 0.414 e. The van der Waals surface area contributed by atoms with Crippen LogP contribution in [0.1, 0.15) is 13.3 Å². The summed E-state index contributed by atoms with van der Waals surface area (Å²) in [4.78, 5) is 0. The zero-order valence-electron chi connectivity index (χ0n) is 10.8. The first-order valence-corrected chi connectivity index (χ1v) is 5.90. The molecule has 1 rings (SSSR count). The Morgan fingerprint density at radius 2 is 2.00 bits per heavy atom. The minimum Gasteiger partial charge on any atom is -0.382 e. The van der Waals surface area contributed by atoms with Crippen LogP contribution in [0.25, 0.3) is 0 Å². The van der Waals surface area contributed by atoms with Gasteiger partial charge in [-0.2, -0.15) is 13.2 Å². The zero-order chi connectivity index (χ0) is 13.8. The summed E-state index contributed by atoms with van der Waals surface area (Å²) in [5.74, 6) is 0. The quantitative estimate of drug-likeness (QED) is 0.709. The molecule has 0 radical (unpaired) electrons. The van der Waals surface area contributed by atoms with E-state index in [1.807, 2.05) is 0 Å². The average Bonchev–Trinajstić information content (AvgIpc) is 2.27. The van der Waals surface area contributed by atoms with E-state index in [0.29, 0.717) is 19.6 Å². The van der Waals surface area contributed by atoms with E-state index >= 15 is 0 Å². The summed E-state index contributed by atoms with van der Waals surface area (Å²) in [6, 6.07) is 0.0345. The van der Waals surface area contributed by atoms with Gasteiger partial charge in [0.1, 0.15) is 0 Å². The van der Waals surface area contributed by atoms with E-state index in [-0.39, 0.29) is 12.1 Å². The Labute approximate surface area is 105 Å². The summed E-state index contributed by atoms with van der Waals surface area (Å²) in [6.45, 7) is 1.77. The van der Waals surface area contributed by atoms with Crippen LogP contribution in [0.4, 0.5) is 13.2 Å². The minimum atomic E-state index is -4.33. The Balaban J connectivity index is 2.40. The Kier molecular flexibility index (Phi) is 5.84. The third-order valence-electron chi connectivity index (χ3n) is 3.06. The van der Waals surface area contributed by atoms with E-state index in [1.165, 1.54) is 0 Å². The highest BCUT2D eigenvalue weighted by Crippen LogP contribution is 2.32. The van der Waals surface area contributed by atoms with Crippen molar-refractivity contribution in [3.05, 3.63) is 0 Å². The molecule has 0 amide bonds. The van der Waals surface area contributed by atoms with Gasteiger partial charge in [-0.1, -0.05) is 0 Å². The first-order chi connectivity index (χ1) is 8.40. The number of nitrogens with one attached hydrogen (secondary N) is 1. The zero-order valence-corrected chi connectivity index (χ0v) is 10.8. The van der Waals surface area contributed by atoms with Gasteiger partial charge in [-0.15, -0.1) is 0 Å². The van der Waals surface area contributed by atoms with Crippen molar-refractivity contribution < 1.29 is 27.4 Å². The molecule has 0 aromatic rings. The van der Waals surface area contributed by atoms with Gasteiger partial charge in [-0.05, 0) is 20.4 Å². The Morgan fingerprint density at radius 3 is 2.50 bits per heavy atom. The highest BCUT2D eigenvalue weighted by atomic mass is 19.4. The molecule has 1 N–H and O–H groups in total. The third kappa shape index (κ3) is 4.08. The fourth-order valence-corrected chi connectivity index (χ4v) is 1.83. The minimum absolute atomic E-state index is 0.0345. The Morgan fingerprint density at radius 1 is 1.33 bits per heavy atom. The summed E-state index contributed by atoms with van der Waals surface area (Å²) in [5.41, 5.74) is 0. The molecule has 4 nitrogen and oxygen atoms in total. The molecule has 0 heterocycles. The first kappa shape index (κ1) is 15.7. The molecule has 0 aromatic carbocycles. The highest BCUT2D eigenvalue weighted by Gasteiger charge is 2.47. The van der Waals surface area contributed by atoms with Crippen molar-refractivity contribution in [3.8, 4) is 0 Å². The van der Waals surface area contributed by atoms with Crippen LogP contribution in [0.3, 0.4) is 0 Å². The van der Waals surface area contributed by atoms with Gasteiger partial charge in [0.05, 0.1) is 25.4 Å². The number of hydrogen-bond acceptors (Lipinski definition) is 4. The molecule has 1 aliphatic carbocycles. The summed E-state index contributed by atoms with van der Waals surface area (Å²) >= 11 is 0. The summed E-state index contributed by atoms with van der Waals surface area (Å²) in [5, 5.41) is 2.99. The Hall–Kier alpha value is -0.370. The molecule has 18 heavy (non-hydrogen) atoms. The van der Waals surface area contributed by atoms with Crippen molar-refractivity contribution in [1.82, 2.24) is 5.32 Å². The van der Waals surface area contributed by atoms with Crippen LogP contribution in [0.15, 0.2) is 0 Å². The van der Waals surface area contributed by atoms with Crippen LogP contribution < -0.4 is 5.32 Å². The highest BCUT2D eigenvalue weighted by molar-refractivity contribution is 4.97. The molecule has 0 saturated heterocycles. The second kappa shape index (κ2) is 6.70. The summed E-state index contributed by atoms with van der Waals surface area (Å²) in [6.07, 6.45) is -6.45.